The largest absolute Gasteiger partial charge is 0.493 e. The summed E-state index contributed by atoms with van der Waals surface area (Å²) in [6.45, 7) is 6.15. The van der Waals surface area contributed by atoms with Gasteiger partial charge in [-0.2, -0.15) is 0 Å². The van der Waals surface area contributed by atoms with Crippen LogP contribution in [0.1, 0.15) is 39.2 Å². The van der Waals surface area contributed by atoms with E-state index in [9.17, 15) is 9.59 Å². The summed E-state index contributed by atoms with van der Waals surface area (Å²) in [7, 11) is 1.52. The van der Waals surface area contributed by atoms with E-state index in [2.05, 4.69) is 20.8 Å². The Kier molecular flexibility index (Phi) is 6.66. The van der Waals surface area contributed by atoms with Gasteiger partial charge in [0.05, 0.1) is 7.11 Å². The second-order valence-corrected chi connectivity index (χ2v) is 6.96. The Labute approximate surface area is 154 Å². The van der Waals surface area contributed by atoms with Gasteiger partial charge in [-0.1, -0.05) is 19.9 Å². The van der Waals surface area contributed by atoms with Gasteiger partial charge < -0.3 is 20.1 Å². The van der Waals surface area contributed by atoms with Crippen molar-refractivity contribution in [3.8, 4) is 11.5 Å². The summed E-state index contributed by atoms with van der Waals surface area (Å²) in [5.41, 5.74) is 5.90. The summed E-state index contributed by atoms with van der Waals surface area (Å²) in [4.78, 5) is 25.5. The first-order chi connectivity index (χ1) is 12.3. The summed E-state index contributed by atoms with van der Waals surface area (Å²) in [5.74, 6) is 0.802. The molecule has 1 atom stereocenters. The number of primary amides is 1. The number of ether oxygens (including phenoxy) is 2. The number of methoxy groups -OCH3 is 1. The van der Waals surface area contributed by atoms with Crippen molar-refractivity contribution >= 4 is 17.9 Å². The molecule has 6 heteroatoms. The maximum Gasteiger partial charge on any atom is 0.255 e. The van der Waals surface area contributed by atoms with Crippen LogP contribution in [0.3, 0.4) is 0 Å². The lowest BCUT2D eigenvalue weighted by atomic mass is 10.0. The van der Waals surface area contributed by atoms with Crippen LogP contribution in [0.2, 0.25) is 0 Å². The molecule has 6 nitrogen and oxygen atoms in total. The highest BCUT2D eigenvalue weighted by Gasteiger charge is 2.35. The summed E-state index contributed by atoms with van der Waals surface area (Å²) >= 11 is 0. The number of rotatable bonds is 9. The fraction of sp³-hybridized carbons (Fsp3) is 0.500. The van der Waals surface area contributed by atoms with E-state index in [0.29, 0.717) is 23.5 Å². The van der Waals surface area contributed by atoms with Crippen LogP contribution in [0.15, 0.2) is 24.3 Å². The van der Waals surface area contributed by atoms with Gasteiger partial charge >= 0.3 is 0 Å². The first-order valence-electron chi connectivity index (χ1n) is 8.93. The summed E-state index contributed by atoms with van der Waals surface area (Å²) in [6, 6.07) is 5.83. The molecule has 1 fully saturated rings. The van der Waals surface area contributed by atoms with Gasteiger partial charge in [-0.3, -0.25) is 9.59 Å². The van der Waals surface area contributed by atoms with Crippen molar-refractivity contribution in [2.24, 2.45) is 11.7 Å². The van der Waals surface area contributed by atoms with E-state index in [1.54, 1.807) is 30.4 Å². The molecule has 0 spiro atoms. The van der Waals surface area contributed by atoms with Gasteiger partial charge in [0.15, 0.2) is 18.1 Å². The molecule has 0 unspecified atom stereocenters. The van der Waals surface area contributed by atoms with Crippen LogP contribution >= 0.6 is 0 Å². The first-order valence-corrected chi connectivity index (χ1v) is 8.93. The minimum atomic E-state index is -0.555. The Morgan fingerprint density at radius 3 is 2.50 bits per heavy atom. The number of benzene rings is 1. The number of amides is 2. The molecule has 142 valence electrons. The van der Waals surface area contributed by atoms with Crippen molar-refractivity contribution in [2.75, 3.05) is 13.7 Å². The maximum absolute atomic E-state index is 12.7. The van der Waals surface area contributed by atoms with Crippen LogP contribution in [0.4, 0.5) is 0 Å². The second-order valence-electron chi connectivity index (χ2n) is 6.96. The van der Waals surface area contributed by atoms with Gasteiger partial charge in [0, 0.05) is 18.2 Å². The SMILES string of the molecule is COc1cc(/C=C\C(=O)N(C2CC2)[C@@H](C)C(C)C)ccc1OCC(N)=O. The molecule has 26 heavy (non-hydrogen) atoms. The quantitative estimate of drug-likeness (QED) is 0.686. The van der Waals surface area contributed by atoms with Gasteiger partial charge in [-0.05, 0) is 49.5 Å². The molecule has 1 saturated carbocycles. The summed E-state index contributed by atoms with van der Waals surface area (Å²) < 4.78 is 10.6. The normalized spacial score (nSPS) is 15.1. The van der Waals surface area contributed by atoms with E-state index >= 15 is 0 Å². The van der Waals surface area contributed by atoms with Crippen molar-refractivity contribution in [3.05, 3.63) is 29.8 Å². The van der Waals surface area contributed by atoms with Crippen LogP contribution in [0.5, 0.6) is 11.5 Å². The number of carbonyl (C=O) groups is 2. The van der Waals surface area contributed by atoms with Crippen LogP contribution in [0.25, 0.3) is 6.08 Å². The molecule has 1 aromatic rings. The van der Waals surface area contributed by atoms with Gasteiger partial charge in [0.1, 0.15) is 0 Å². The standard InChI is InChI=1S/C20H28N2O4/c1-13(2)14(3)22(16-7-8-16)20(24)10-6-15-5-9-17(18(11-15)25-4)26-12-19(21)23/h5-6,9-11,13-14,16H,7-8,12H2,1-4H3,(H2,21,23)/b10-6-/t14-/m0/s1. The van der Waals surface area contributed by atoms with E-state index in [-0.39, 0.29) is 18.6 Å². The van der Waals surface area contributed by atoms with Crippen molar-refractivity contribution in [3.63, 3.8) is 0 Å². The Morgan fingerprint density at radius 1 is 1.27 bits per heavy atom. The molecule has 0 saturated heterocycles. The van der Waals surface area contributed by atoms with E-state index < -0.39 is 5.91 Å². The predicted octanol–water partition coefficient (Wildman–Crippen LogP) is 2.61. The zero-order valence-corrected chi connectivity index (χ0v) is 15.9. The third-order valence-corrected chi connectivity index (χ3v) is 4.57. The van der Waals surface area contributed by atoms with Gasteiger partial charge in [0.25, 0.3) is 5.91 Å². The number of nitrogens with two attached hydrogens (primary N) is 1. The van der Waals surface area contributed by atoms with Crippen LogP contribution in [0, 0.1) is 5.92 Å². The zero-order chi connectivity index (χ0) is 19.3. The second kappa shape index (κ2) is 8.74. The van der Waals surface area contributed by atoms with Crippen molar-refractivity contribution in [1.82, 2.24) is 4.90 Å². The molecule has 0 aliphatic heterocycles. The molecule has 2 N–H and O–H groups in total. The molecule has 0 bridgehead atoms. The molecule has 1 aliphatic carbocycles. The Hall–Kier alpha value is -2.50. The Balaban J connectivity index is 2.10. The predicted molar refractivity (Wildman–Crippen MR) is 101 cm³/mol. The lowest BCUT2D eigenvalue weighted by Gasteiger charge is -2.31. The molecule has 1 aromatic carbocycles. The molecule has 2 rings (SSSR count). The van der Waals surface area contributed by atoms with Crippen molar-refractivity contribution in [2.45, 2.75) is 45.7 Å². The average molecular weight is 360 g/mol. The molecule has 1 aliphatic rings. The maximum atomic E-state index is 12.7. The monoisotopic (exact) mass is 360 g/mol. The van der Waals surface area contributed by atoms with Crippen LogP contribution in [-0.4, -0.2) is 42.5 Å². The Bertz CT molecular complexity index is 680. The van der Waals surface area contributed by atoms with Crippen LogP contribution < -0.4 is 15.2 Å². The van der Waals surface area contributed by atoms with E-state index in [1.165, 1.54) is 7.11 Å². The molecule has 0 aromatic heterocycles. The number of hydrogen-bond acceptors (Lipinski definition) is 4. The van der Waals surface area contributed by atoms with E-state index in [1.807, 2.05) is 4.90 Å². The lowest BCUT2D eigenvalue weighted by molar-refractivity contribution is -0.129. The van der Waals surface area contributed by atoms with E-state index in [0.717, 1.165) is 18.4 Å². The third-order valence-electron chi connectivity index (χ3n) is 4.57. The van der Waals surface area contributed by atoms with Crippen molar-refractivity contribution < 1.29 is 19.1 Å². The molecule has 0 heterocycles. The lowest BCUT2D eigenvalue weighted by Crippen LogP contribution is -2.42. The Morgan fingerprint density at radius 2 is 1.96 bits per heavy atom. The molecular weight excluding hydrogens is 332 g/mol. The smallest absolute Gasteiger partial charge is 0.255 e. The summed E-state index contributed by atoms with van der Waals surface area (Å²) in [5, 5.41) is 0. The highest BCUT2D eigenvalue weighted by atomic mass is 16.5. The van der Waals surface area contributed by atoms with Gasteiger partial charge in [-0.15, -0.1) is 0 Å². The average Bonchev–Trinajstić information content (AvgIpc) is 3.43. The minimum Gasteiger partial charge on any atom is -0.493 e. The van der Waals surface area contributed by atoms with E-state index in [4.69, 9.17) is 15.2 Å². The molecule has 0 radical (unpaired) electrons. The number of hydrogen-bond donors (Lipinski definition) is 1. The zero-order valence-electron chi connectivity index (χ0n) is 15.9. The van der Waals surface area contributed by atoms with Gasteiger partial charge in [0.2, 0.25) is 5.91 Å². The highest BCUT2D eigenvalue weighted by Crippen LogP contribution is 2.31. The fourth-order valence-electron chi connectivity index (χ4n) is 2.70. The fourth-order valence-corrected chi connectivity index (χ4v) is 2.70. The van der Waals surface area contributed by atoms with Crippen LogP contribution in [-0.2, 0) is 9.59 Å². The minimum absolute atomic E-state index is 0.0294. The highest BCUT2D eigenvalue weighted by molar-refractivity contribution is 5.92. The summed E-state index contributed by atoms with van der Waals surface area (Å²) in [6.07, 6.45) is 5.54. The van der Waals surface area contributed by atoms with Gasteiger partial charge in [-0.25, -0.2) is 0 Å². The number of nitrogens with zero attached hydrogens (tertiary/aromatic N) is 1. The number of carbonyl (C=O) groups excluding carboxylic acids is 2. The molecular formula is C20H28N2O4. The molecule has 2 amide bonds. The van der Waals surface area contributed by atoms with Crippen molar-refractivity contribution in [1.29, 1.82) is 0 Å². The topological polar surface area (TPSA) is 81.9 Å². The third kappa shape index (κ3) is 5.25. The first kappa shape index (κ1) is 19.8.